The number of likely N-dealkylation sites (N-methyl/N-ethyl adjacent to an activating group) is 2. The maximum atomic E-state index is 5.10. The number of anilines is 2. The SMILES string of the molecule is CN(C)CCN(C)C1=Nc2cc(Br)ccc2N2CCc3cccc1c32. The van der Waals surface area contributed by atoms with Crippen molar-refractivity contribution in [3.05, 3.63) is 52.0 Å². The Labute approximate surface area is 157 Å². The molecule has 0 saturated heterocycles. The fraction of sp³-hybridized carbons (Fsp3) is 0.350. The molecule has 0 bridgehead atoms. The van der Waals surface area contributed by atoms with Crippen LogP contribution in [0.2, 0.25) is 0 Å². The highest BCUT2D eigenvalue weighted by molar-refractivity contribution is 9.10. The second-order valence-electron chi connectivity index (χ2n) is 7.01. The minimum absolute atomic E-state index is 0.943. The number of hydrogen-bond acceptors (Lipinski definition) is 4. The van der Waals surface area contributed by atoms with Crippen LogP contribution in [-0.4, -0.2) is 56.4 Å². The maximum absolute atomic E-state index is 5.10. The molecule has 5 heteroatoms. The molecular formula is C20H23BrN4. The van der Waals surface area contributed by atoms with Crippen LogP contribution in [0.4, 0.5) is 17.1 Å². The quantitative estimate of drug-likeness (QED) is 0.778. The fourth-order valence-electron chi connectivity index (χ4n) is 3.61. The molecule has 0 saturated carbocycles. The van der Waals surface area contributed by atoms with Crippen LogP contribution in [0.5, 0.6) is 0 Å². The molecule has 4 rings (SSSR count). The molecule has 0 aliphatic carbocycles. The first-order valence-electron chi connectivity index (χ1n) is 8.68. The van der Waals surface area contributed by atoms with E-state index in [1.165, 1.54) is 22.5 Å². The average Bonchev–Trinajstić information content (AvgIpc) is 2.95. The molecule has 2 aromatic carbocycles. The van der Waals surface area contributed by atoms with Gasteiger partial charge in [-0.2, -0.15) is 0 Å². The standard InChI is InChI=1S/C20H23BrN4/c1-23(2)11-12-24(3)20-16-6-4-5-14-9-10-25(19(14)16)18-8-7-15(21)13-17(18)22-20/h4-8,13H,9-12H2,1-3H3. The lowest BCUT2D eigenvalue weighted by Crippen LogP contribution is -2.34. The molecule has 2 aliphatic heterocycles. The average molecular weight is 399 g/mol. The number of para-hydroxylation sites is 1. The van der Waals surface area contributed by atoms with Gasteiger partial charge >= 0.3 is 0 Å². The van der Waals surface area contributed by atoms with E-state index in [4.69, 9.17) is 4.99 Å². The summed E-state index contributed by atoms with van der Waals surface area (Å²) >= 11 is 3.60. The third kappa shape index (κ3) is 2.96. The Morgan fingerprint density at radius 2 is 1.96 bits per heavy atom. The Morgan fingerprint density at radius 3 is 2.76 bits per heavy atom. The van der Waals surface area contributed by atoms with E-state index >= 15 is 0 Å². The van der Waals surface area contributed by atoms with Crippen LogP contribution in [0.15, 0.2) is 45.9 Å². The minimum Gasteiger partial charge on any atom is -0.358 e. The Bertz CT molecular complexity index is 844. The Kier molecular flexibility index (Phi) is 4.29. The predicted octanol–water partition coefficient (Wildman–Crippen LogP) is 4.03. The van der Waals surface area contributed by atoms with Crippen molar-refractivity contribution in [1.82, 2.24) is 9.80 Å². The third-order valence-corrected chi connectivity index (χ3v) is 5.43. The summed E-state index contributed by atoms with van der Waals surface area (Å²) in [5.41, 5.74) is 6.22. The normalized spacial score (nSPS) is 14.9. The zero-order chi connectivity index (χ0) is 17.6. The van der Waals surface area contributed by atoms with Crippen LogP contribution in [0.1, 0.15) is 11.1 Å². The summed E-state index contributed by atoms with van der Waals surface area (Å²) in [5.74, 6) is 1.06. The number of amidine groups is 1. The third-order valence-electron chi connectivity index (χ3n) is 4.93. The zero-order valence-corrected chi connectivity index (χ0v) is 16.5. The Balaban J connectivity index is 1.87. The first kappa shape index (κ1) is 16.6. The topological polar surface area (TPSA) is 22.1 Å². The molecule has 0 unspecified atom stereocenters. The lowest BCUT2D eigenvalue weighted by Gasteiger charge is -2.25. The molecule has 0 spiro atoms. The van der Waals surface area contributed by atoms with E-state index in [0.29, 0.717) is 0 Å². The van der Waals surface area contributed by atoms with Gasteiger partial charge in [-0.3, -0.25) is 0 Å². The van der Waals surface area contributed by atoms with Gasteiger partial charge in [-0.15, -0.1) is 0 Å². The van der Waals surface area contributed by atoms with Crippen molar-refractivity contribution in [3.8, 4) is 0 Å². The smallest absolute Gasteiger partial charge is 0.138 e. The van der Waals surface area contributed by atoms with Crippen molar-refractivity contribution in [2.24, 2.45) is 4.99 Å². The van der Waals surface area contributed by atoms with Gasteiger partial charge in [0.1, 0.15) is 5.84 Å². The highest BCUT2D eigenvalue weighted by Gasteiger charge is 2.30. The highest BCUT2D eigenvalue weighted by atomic mass is 79.9. The number of benzene rings is 2. The van der Waals surface area contributed by atoms with E-state index in [9.17, 15) is 0 Å². The Morgan fingerprint density at radius 1 is 1.12 bits per heavy atom. The van der Waals surface area contributed by atoms with Gasteiger partial charge in [-0.05, 0) is 50.3 Å². The summed E-state index contributed by atoms with van der Waals surface area (Å²) < 4.78 is 1.07. The van der Waals surface area contributed by atoms with Crippen molar-refractivity contribution in [2.45, 2.75) is 6.42 Å². The molecule has 0 atom stereocenters. The molecular weight excluding hydrogens is 376 g/mol. The highest BCUT2D eigenvalue weighted by Crippen LogP contribution is 2.45. The lowest BCUT2D eigenvalue weighted by atomic mass is 10.1. The van der Waals surface area contributed by atoms with Gasteiger partial charge < -0.3 is 14.7 Å². The van der Waals surface area contributed by atoms with Gasteiger partial charge in [0.15, 0.2) is 0 Å². The van der Waals surface area contributed by atoms with Gasteiger partial charge in [0.25, 0.3) is 0 Å². The van der Waals surface area contributed by atoms with Crippen molar-refractivity contribution in [2.75, 3.05) is 45.7 Å². The summed E-state index contributed by atoms with van der Waals surface area (Å²) in [6, 6.07) is 13.0. The number of halogens is 1. The number of hydrogen-bond donors (Lipinski definition) is 0. The molecule has 25 heavy (non-hydrogen) atoms. The van der Waals surface area contributed by atoms with E-state index in [0.717, 1.165) is 42.1 Å². The van der Waals surface area contributed by atoms with Crippen LogP contribution in [0.25, 0.3) is 0 Å². The summed E-state index contributed by atoms with van der Waals surface area (Å²) in [6.07, 6.45) is 1.09. The fourth-order valence-corrected chi connectivity index (χ4v) is 3.96. The van der Waals surface area contributed by atoms with E-state index in [2.05, 4.69) is 88.2 Å². The predicted molar refractivity (Wildman–Crippen MR) is 109 cm³/mol. The largest absolute Gasteiger partial charge is 0.358 e. The van der Waals surface area contributed by atoms with Crippen molar-refractivity contribution >= 4 is 38.8 Å². The first-order valence-corrected chi connectivity index (χ1v) is 9.48. The summed E-state index contributed by atoms with van der Waals surface area (Å²) in [5, 5.41) is 0. The van der Waals surface area contributed by atoms with Crippen LogP contribution >= 0.6 is 15.9 Å². The molecule has 0 aromatic heterocycles. The van der Waals surface area contributed by atoms with Crippen molar-refractivity contribution in [1.29, 1.82) is 0 Å². The molecule has 0 N–H and O–H groups in total. The van der Waals surface area contributed by atoms with Gasteiger partial charge in [-0.1, -0.05) is 28.1 Å². The monoisotopic (exact) mass is 398 g/mol. The molecule has 0 radical (unpaired) electrons. The summed E-state index contributed by atoms with van der Waals surface area (Å²) in [4.78, 5) is 12.0. The Hall–Kier alpha value is -1.85. The molecule has 2 heterocycles. The lowest BCUT2D eigenvalue weighted by molar-refractivity contribution is 0.357. The van der Waals surface area contributed by atoms with Crippen LogP contribution in [-0.2, 0) is 6.42 Å². The summed E-state index contributed by atoms with van der Waals surface area (Å²) in [6.45, 7) is 2.96. The molecule has 0 fully saturated rings. The number of nitrogens with zero attached hydrogens (tertiary/aromatic N) is 4. The van der Waals surface area contributed by atoms with E-state index in [-0.39, 0.29) is 0 Å². The second-order valence-corrected chi connectivity index (χ2v) is 7.92. The second kappa shape index (κ2) is 6.46. The van der Waals surface area contributed by atoms with Crippen molar-refractivity contribution in [3.63, 3.8) is 0 Å². The van der Waals surface area contributed by atoms with Gasteiger partial charge in [-0.25, -0.2) is 4.99 Å². The van der Waals surface area contributed by atoms with Crippen LogP contribution in [0, 0.1) is 0 Å². The molecule has 2 aliphatic rings. The molecule has 0 amide bonds. The van der Waals surface area contributed by atoms with Gasteiger partial charge in [0, 0.05) is 36.7 Å². The number of aliphatic imine (C=N–C) groups is 1. The van der Waals surface area contributed by atoms with Gasteiger partial charge in [0.05, 0.1) is 17.1 Å². The zero-order valence-electron chi connectivity index (χ0n) is 15.0. The molecule has 2 aromatic rings. The van der Waals surface area contributed by atoms with E-state index in [1.807, 2.05) is 0 Å². The maximum Gasteiger partial charge on any atom is 0.138 e. The molecule has 130 valence electrons. The van der Waals surface area contributed by atoms with Crippen LogP contribution in [0.3, 0.4) is 0 Å². The van der Waals surface area contributed by atoms with E-state index < -0.39 is 0 Å². The van der Waals surface area contributed by atoms with Crippen molar-refractivity contribution < 1.29 is 0 Å². The number of rotatable bonds is 3. The molecule has 4 nitrogen and oxygen atoms in total. The minimum atomic E-state index is 0.943. The number of fused-ring (bicyclic) bond motifs is 2. The first-order chi connectivity index (χ1) is 12.0. The van der Waals surface area contributed by atoms with Crippen LogP contribution < -0.4 is 4.90 Å². The van der Waals surface area contributed by atoms with E-state index in [1.54, 1.807) is 0 Å². The summed E-state index contributed by atoms with van der Waals surface area (Å²) in [7, 11) is 6.36. The van der Waals surface area contributed by atoms with Gasteiger partial charge in [0.2, 0.25) is 0 Å².